The van der Waals surface area contributed by atoms with Gasteiger partial charge in [-0.2, -0.15) is 9.61 Å². The molecule has 5 rings (SSSR count). The summed E-state index contributed by atoms with van der Waals surface area (Å²) < 4.78 is 1.39. The molecule has 0 bridgehead atoms. The van der Waals surface area contributed by atoms with Gasteiger partial charge in [-0.05, 0) is 25.5 Å². The summed E-state index contributed by atoms with van der Waals surface area (Å²) in [6, 6.07) is 11.4. The Balaban J connectivity index is 1.20. The number of carbonyl (C=O) groups excluding carboxylic acids is 1. The molecule has 8 nitrogen and oxygen atoms in total. The lowest BCUT2D eigenvalue weighted by Crippen LogP contribution is -2.52. The molecule has 2 aromatic heterocycles. The van der Waals surface area contributed by atoms with Crippen LogP contribution in [0.5, 0.6) is 0 Å². The SMILES string of the molecule is Cc1cc(=O)n2nc(CN3CCN([C@H]4CCN(c5ccccc5)C4=O)CC3)sc2n1. The van der Waals surface area contributed by atoms with Gasteiger partial charge < -0.3 is 4.90 Å². The highest BCUT2D eigenvalue weighted by Crippen LogP contribution is 2.25. The Labute approximate surface area is 178 Å². The maximum absolute atomic E-state index is 13.0. The van der Waals surface area contributed by atoms with Crippen LogP contribution in [0.1, 0.15) is 17.1 Å². The van der Waals surface area contributed by atoms with Gasteiger partial charge in [-0.15, -0.1) is 0 Å². The predicted octanol–water partition coefficient (Wildman–Crippen LogP) is 1.38. The molecule has 2 aliphatic heterocycles. The highest BCUT2D eigenvalue weighted by molar-refractivity contribution is 7.16. The molecule has 3 aromatic rings. The molecule has 0 radical (unpaired) electrons. The van der Waals surface area contributed by atoms with Gasteiger partial charge in [-0.1, -0.05) is 29.5 Å². The first-order chi connectivity index (χ1) is 14.6. The number of hydrogen-bond donors (Lipinski definition) is 0. The fraction of sp³-hybridized carbons (Fsp3) is 0.429. The molecule has 0 spiro atoms. The second kappa shape index (κ2) is 7.90. The van der Waals surface area contributed by atoms with E-state index in [1.165, 1.54) is 21.9 Å². The van der Waals surface area contributed by atoms with Crippen LogP contribution in [0.4, 0.5) is 5.69 Å². The van der Waals surface area contributed by atoms with Gasteiger partial charge in [-0.3, -0.25) is 19.4 Å². The average molecular weight is 425 g/mol. The molecule has 2 fully saturated rings. The summed E-state index contributed by atoms with van der Waals surface area (Å²) >= 11 is 1.47. The van der Waals surface area contributed by atoms with Crippen molar-refractivity contribution in [2.75, 3.05) is 37.6 Å². The third-order valence-electron chi connectivity index (χ3n) is 5.87. The van der Waals surface area contributed by atoms with Crippen LogP contribution >= 0.6 is 11.3 Å². The number of benzene rings is 1. The molecule has 0 saturated carbocycles. The van der Waals surface area contributed by atoms with Gasteiger partial charge in [0.1, 0.15) is 5.01 Å². The summed E-state index contributed by atoms with van der Waals surface area (Å²) in [5.41, 5.74) is 1.57. The highest BCUT2D eigenvalue weighted by atomic mass is 32.1. The monoisotopic (exact) mass is 424 g/mol. The van der Waals surface area contributed by atoms with E-state index in [0.717, 1.165) is 55.5 Å². The lowest BCUT2D eigenvalue weighted by molar-refractivity contribution is -0.122. The molecule has 9 heteroatoms. The normalized spacial score (nSPS) is 21.0. The van der Waals surface area contributed by atoms with E-state index in [2.05, 4.69) is 19.9 Å². The lowest BCUT2D eigenvalue weighted by atomic mass is 10.2. The van der Waals surface area contributed by atoms with E-state index >= 15 is 0 Å². The summed E-state index contributed by atoms with van der Waals surface area (Å²) in [4.78, 5) is 36.6. The minimum Gasteiger partial charge on any atom is -0.311 e. The molecule has 1 amide bonds. The summed E-state index contributed by atoms with van der Waals surface area (Å²) in [5, 5.41) is 5.34. The number of para-hydroxylation sites is 1. The highest BCUT2D eigenvalue weighted by Gasteiger charge is 2.37. The summed E-state index contributed by atoms with van der Waals surface area (Å²) in [6.07, 6.45) is 0.875. The van der Waals surface area contributed by atoms with E-state index in [-0.39, 0.29) is 17.5 Å². The van der Waals surface area contributed by atoms with Crippen LogP contribution in [-0.4, -0.2) is 69.1 Å². The van der Waals surface area contributed by atoms with Crippen LogP contribution in [0, 0.1) is 6.92 Å². The second-order valence-corrected chi connectivity index (χ2v) is 8.91. The van der Waals surface area contributed by atoms with E-state index in [0.29, 0.717) is 11.5 Å². The van der Waals surface area contributed by atoms with Crippen molar-refractivity contribution in [1.29, 1.82) is 0 Å². The van der Waals surface area contributed by atoms with E-state index in [1.54, 1.807) is 0 Å². The van der Waals surface area contributed by atoms with Crippen molar-refractivity contribution in [3.63, 3.8) is 0 Å². The van der Waals surface area contributed by atoms with Crippen molar-refractivity contribution in [3.05, 3.63) is 57.5 Å². The number of carbonyl (C=O) groups is 1. The van der Waals surface area contributed by atoms with Gasteiger partial charge in [0.15, 0.2) is 0 Å². The van der Waals surface area contributed by atoms with Gasteiger partial charge >= 0.3 is 0 Å². The van der Waals surface area contributed by atoms with Crippen molar-refractivity contribution in [2.45, 2.75) is 25.9 Å². The van der Waals surface area contributed by atoms with Crippen LogP contribution < -0.4 is 10.5 Å². The number of amides is 1. The third kappa shape index (κ3) is 3.64. The standard InChI is InChI=1S/C21H24N6O2S/c1-15-13-19(28)27-21(22-15)30-18(23-27)14-24-9-11-25(12-10-24)17-7-8-26(20(17)29)16-5-3-2-4-6-16/h2-6,13,17H,7-12,14H2,1H3/t17-/m0/s1. The molecule has 4 heterocycles. The summed E-state index contributed by atoms with van der Waals surface area (Å²) in [6.45, 7) is 6.79. The van der Waals surface area contributed by atoms with Gasteiger partial charge in [0.05, 0.1) is 12.6 Å². The number of aromatic nitrogens is 3. The molecule has 156 valence electrons. The topological polar surface area (TPSA) is 74.1 Å². The zero-order chi connectivity index (χ0) is 20.7. The van der Waals surface area contributed by atoms with E-state index < -0.39 is 0 Å². The van der Waals surface area contributed by atoms with Crippen molar-refractivity contribution in [2.24, 2.45) is 0 Å². The number of aryl methyl sites for hydroxylation is 1. The number of hydrogen-bond acceptors (Lipinski definition) is 7. The molecule has 0 N–H and O–H groups in total. The molecule has 2 aliphatic rings. The van der Waals surface area contributed by atoms with Crippen LogP contribution in [0.15, 0.2) is 41.2 Å². The predicted molar refractivity (Wildman–Crippen MR) is 116 cm³/mol. The first kappa shape index (κ1) is 19.3. The van der Waals surface area contributed by atoms with E-state index in [9.17, 15) is 9.59 Å². The Bertz CT molecular complexity index is 1120. The minimum atomic E-state index is -0.132. The van der Waals surface area contributed by atoms with E-state index in [4.69, 9.17) is 0 Å². The number of piperazine rings is 1. The first-order valence-electron chi connectivity index (χ1n) is 10.3. The summed E-state index contributed by atoms with van der Waals surface area (Å²) in [5.74, 6) is 0.210. The Hall–Kier alpha value is -2.62. The van der Waals surface area contributed by atoms with Gasteiger partial charge in [0.2, 0.25) is 10.9 Å². The second-order valence-electron chi connectivity index (χ2n) is 7.87. The van der Waals surface area contributed by atoms with Crippen molar-refractivity contribution in [3.8, 4) is 0 Å². The van der Waals surface area contributed by atoms with Crippen LogP contribution in [0.25, 0.3) is 4.96 Å². The average Bonchev–Trinajstić information content (AvgIpc) is 3.32. The van der Waals surface area contributed by atoms with Crippen molar-refractivity contribution < 1.29 is 4.79 Å². The Morgan fingerprint density at radius 2 is 1.83 bits per heavy atom. The first-order valence-corrected chi connectivity index (χ1v) is 11.1. The smallest absolute Gasteiger partial charge is 0.275 e. The minimum absolute atomic E-state index is 0.0273. The van der Waals surface area contributed by atoms with Gasteiger partial charge in [-0.25, -0.2) is 4.98 Å². The third-order valence-corrected chi connectivity index (χ3v) is 6.76. The number of fused-ring (bicyclic) bond motifs is 1. The number of anilines is 1. The molecule has 30 heavy (non-hydrogen) atoms. The van der Waals surface area contributed by atoms with Crippen LogP contribution in [0.2, 0.25) is 0 Å². The quantitative estimate of drug-likeness (QED) is 0.630. The summed E-state index contributed by atoms with van der Waals surface area (Å²) in [7, 11) is 0. The molecule has 1 atom stereocenters. The van der Waals surface area contributed by atoms with Crippen LogP contribution in [0.3, 0.4) is 0 Å². The molecule has 1 aromatic carbocycles. The van der Waals surface area contributed by atoms with Crippen molar-refractivity contribution >= 4 is 27.9 Å². The van der Waals surface area contributed by atoms with Gasteiger partial charge in [0, 0.05) is 50.2 Å². The largest absolute Gasteiger partial charge is 0.311 e. The fourth-order valence-corrected chi connectivity index (χ4v) is 5.30. The lowest BCUT2D eigenvalue weighted by Gasteiger charge is -2.36. The Morgan fingerprint density at radius 1 is 1.07 bits per heavy atom. The van der Waals surface area contributed by atoms with E-state index in [1.807, 2.05) is 42.2 Å². The molecule has 0 unspecified atom stereocenters. The Kier molecular flexibility index (Phi) is 5.10. The van der Waals surface area contributed by atoms with Crippen LogP contribution in [-0.2, 0) is 11.3 Å². The fourth-order valence-electron chi connectivity index (χ4n) is 4.32. The number of rotatable bonds is 4. The molecule has 2 saturated heterocycles. The van der Waals surface area contributed by atoms with Gasteiger partial charge in [0.25, 0.3) is 5.56 Å². The maximum Gasteiger partial charge on any atom is 0.275 e. The molecular formula is C21H24N6O2S. The van der Waals surface area contributed by atoms with Crippen molar-refractivity contribution in [1.82, 2.24) is 24.4 Å². The Morgan fingerprint density at radius 3 is 2.60 bits per heavy atom. The molecular weight excluding hydrogens is 400 g/mol. The number of nitrogens with zero attached hydrogens (tertiary/aromatic N) is 6. The zero-order valence-corrected chi connectivity index (χ0v) is 17.7. The maximum atomic E-state index is 13.0. The molecule has 0 aliphatic carbocycles. The zero-order valence-electron chi connectivity index (χ0n) is 16.9.